The number of benzene rings is 2. The Hall–Kier alpha value is -3.93. The number of carbonyl (C=O) groups excluding carboxylic acids is 2. The number of anilines is 1. The van der Waals surface area contributed by atoms with Gasteiger partial charge in [0.1, 0.15) is 11.4 Å². The molecule has 3 aromatic rings. The lowest BCUT2D eigenvalue weighted by molar-refractivity contribution is -0.137. The maximum absolute atomic E-state index is 13.4. The fraction of sp³-hybridized carbons (Fsp3) is 0.192. The third-order valence-electron chi connectivity index (χ3n) is 5.33. The number of rotatable bonds is 7. The van der Waals surface area contributed by atoms with Crippen LogP contribution in [-0.2, 0) is 16.1 Å². The van der Waals surface area contributed by atoms with Crippen LogP contribution >= 0.6 is 0 Å². The summed E-state index contributed by atoms with van der Waals surface area (Å²) in [6.45, 7) is 6.61. The van der Waals surface area contributed by atoms with Crippen LogP contribution in [0.3, 0.4) is 0 Å². The van der Waals surface area contributed by atoms with Gasteiger partial charge in [0, 0.05) is 18.1 Å². The smallest absolute Gasteiger partial charge is 0.278 e. The molecule has 4 rings (SSSR count). The molecule has 0 unspecified atom stereocenters. The molecule has 1 aliphatic rings. The number of aryl methyl sites for hydroxylation is 2. The number of nitrogens with one attached hydrogen (secondary N) is 1. The lowest BCUT2D eigenvalue weighted by atomic mass is 10.0. The van der Waals surface area contributed by atoms with Crippen molar-refractivity contribution >= 4 is 23.1 Å². The third-order valence-corrected chi connectivity index (χ3v) is 5.33. The number of carbonyl (C=O) groups is 2. The van der Waals surface area contributed by atoms with Gasteiger partial charge >= 0.3 is 0 Å². The molecule has 32 heavy (non-hydrogen) atoms. The van der Waals surface area contributed by atoms with Crippen molar-refractivity contribution in [3.63, 3.8) is 0 Å². The van der Waals surface area contributed by atoms with E-state index in [0.717, 1.165) is 22.4 Å². The van der Waals surface area contributed by atoms with Gasteiger partial charge in [-0.05, 0) is 61.7 Å². The molecule has 0 bridgehead atoms. The summed E-state index contributed by atoms with van der Waals surface area (Å²) in [5, 5.41) is 3.24. The molecule has 0 radical (unpaired) electrons. The Labute approximate surface area is 187 Å². The molecule has 2 amide bonds. The fourth-order valence-corrected chi connectivity index (χ4v) is 3.75. The van der Waals surface area contributed by atoms with Crippen molar-refractivity contribution in [1.29, 1.82) is 0 Å². The van der Waals surface area contributed by atoms with Gasteiger partial charge in [-0.3, -0.25) is 19.5 Å². The van der Waals surface area contributed by atoms with E-state index in [1.54, 1.807) is 18.5 Å². The lowest BCUT2D eigenvalue weighted by Gasteiger charge is -2.15. The van der Waals surface area contributed by atoms with Crippen LogP contribution in [0.15, 0.2) is 72.7 Å². The van der Waals surface area contributed by atoms with Crippen LogP contribution in [0, 0.1) is 13.8 Å². The normalized spacial score (nSPS) is 13.7. The first-order valence-electron chi connectivity index (χ1n) is 10.5. The first-order valence-corrected chi connectivity index (χ1v) is 10.5. The van der Waals surface area contributed by atoms with Crippen LogP contribution in [-0.4, -0.2) is 28.3 Å². The average molecular weight is 428 g/mol. The Kier molecular flexibility index (Phi) is 6.03. The topological polar surface area (TPSA) is 71.5 Å². The second kappa shape index (κ2) is 9.06. The van der Waals surface area contributed by atoms with Crippen LogP contribution in [0.2, 0.25) is 0 Å². The molecule has 2 aromatic carbocycles. The molecule has 0 aliphatic carbocycles. The van der Waals surface area contributed by atoms with E-state index in [2.05, 4.69) is 10.3 Å². The summed E-state index contributed by atoms with van der Waals surface area (Å²) >= 11 is 0. The maximum Gasteiger partial charge on any atom is 0.278 e. The van der Waals surface area contributed by atoms with Crippen LogP contribution in [0.1, 0.15) is 29.2 Å². The minimum Gasteiger partial charge on any atom is -0.494 e. The standard InChI is InChI=1S/C26H25N3O3/c1-4-32-21-10-8-20(9-11-21)23-24(28-22-12-7-17(2)14-18(22)3)26(31)29(25(23)30)16-19-6-5-13-27-15-19/h5-15,28H,4,16H2,1-3H3. The Morgan fingerprint density at radius 3 is 2.44 bits per heavy atom. The summed E-state index contributed by atoms with van der Waals surface area (Å²) in [6, 6.07) is 16.8. The van der Waals surface area contributed by atoms with E-state index in [1.165, 1.54) is 4.90 Å². The predicted octanol–water partition coefficient (Wildman–Crippen LogP) is 4.49. The first-order chi connectivity index (χ1) is 15.5. The second-order valence-corrected chi connectivity index (χ2v) is 7.71. The molecule has 2 heterocycles. The van der Waals surface area contributed by atoms with Crippen molar-refractivity contribution in [2.24, 2.45) is 0 Å². The Morgan fingerprint density at radius 2 is 1.78 bits per heavy atom. The van der Waals surface area contributed by atoms with Crippen molar-refractivity contribution in [3.8, 4) is 5.75 Å². The summed E-state index contributed by atoms with van der Waals surface area (Å²) < 4.78 is 5.52. The second-order valence-electron chi connectivity index (χ2n) is 7.71. The Bertz CT molecular complexity index is 1180. The molecule has 1 aromatic heterocycles. The Morgan fingerprint density at radius 1 is 1.00 bits per heavy atom. The highest BCUT2D eigenvalue weighted by atomic mass is 16.5. The van der Waals surface area contributed by atoms with E-state index in [1.807, 2.05) is 69.3 Å². The number of hydrogen-bond acceptors (Lipinski definition) is 5. The third kappa shape index (κ3) is 4.25. The molecule has 1 N–H and O–H groups in total. The largest absolute Gasteiger partial charge is 0.494 e. The highest BCUT2D eigenvalue weighted by Crippen LogP contribution is 2.33. The van der Waals surface area contributed by atoms with Crippen LogP contribution in [0.5, 0.6) is 5.75 Å². The van der Waals surface area contributed by atoms with Crippen LogP contribution in [0.4, 0.5) is 5.69 Å². The molecule has 0 saturated heterocycles. The van der Waals surface area contributed by atoms with Crippen molar-refractivity contribution in [2.75, 3.05) is 11.9 Å². The SMILES string of the molecule is CCOc1ccc(C2=C(Nc3ccc(C)cc3C)C(=O)N(Cc3cccnc3)C2=O)cc1. The number of pyridine rings is 1. The average Bonchev–Trinajstić information content (AvgIpc) is 3.01. The zero-order valence-electron chi connectivity index (χ0n) is 18.4. The number of ether oxygens (including phenoxy) is 1. The molecule has 0 saturated carbocycles. The number of aromatic nitrogens is 1. The Balaban J connectivity index is 1.74. The number of hydrogen-bond donors (Lipinski definition) is 1. The van der Waals surface area contributed by atoms with E-state index in [0.29, 0.717) is 23.5 Å². The van der Waals surface area contributed by atoms with E-state index < -0.39 is 0 Å². The number of imide groups is 1. The van der Waals surface area contributed by atoms with Gasteiger partial charge in [-0.25, -0.2) is 0 Å². The van der Waals surface area contributed by atoms with Crippen LogP contribution in [0.25, 0.3) is 5.57 Å². The maximum atomic E-state index is 13.4. The summed E-state index contributed by atoms with van der Waals surface area (Å²) in [6.07, 6.45) is 3.32. The highest BCUT2D eigenvalue weighted by Gasteiger charge is 2.39. The molecule has 162 valence electrons. The molecular weight excluding hydrogens is 402 g/mol. The zero-order valence-corrected chi connectivity index (χ0v) is 18.4. The quantitative estimate of drug-likeness (QED) is 0.563. The van der Waals surface area contributed by atoms with E-state index >= 15 is 0 Å². The van der Waals surface area contributed by atoms with Gasteiger partial charge in [0.2, 0.25) is 0 Å². The van der Waals surface area contributed by atoms with Crippen molar-refractivity contribution < 1.29 is 14.3 Å². The van der Waals surface area contributed by atoms with Gasteiger partial charge in [0.15, 0.2) is 0 Å². The molecule has 1 aliphatic heterocycles. The minimum absolute atomic E-state index is 0.157. The monoisotopic (exact) mass is 427 g/mol. The molecule has 0 spiro atoms. The van der Waals surface area contributed by atoms with E-state index in [-0.39, 0.29) is 24.1 Å². The zero-order chi connectivity index (χ0) is 22.7. The molecule has 6 nitrogen and oxygen atoms in total. The lowest BCUT2D eigenvalue weighted by Crippen LogP contribution is -2.32. The van der Waals surface area contributed by atoms with Gasteiger partial charge in [-0.1, -0.05) is 35.9 Å². The molecule has 0 fully saturated rings. The molecule has 6 heteroatoms. The van der Waals surface area contributed by atoms with E-state index in [9.17, 15) is 9.59 Å². The van der Waals surface area contributed by atoms with Gasteiger partial charge in [0.05, 0.1) is 18.7 Å². The number of amides is 2. The minimum atomic E-state index is -0.359. The summed E-state index contributed by atoms with van der Waals surface area (Å²) in [5.74, 6) is 0.0164. The van der Waals surface area contributed by atoms with Gasteiger partial charge in [0.25, 0.3) is 11.8 Å². The summed E-state index contributed by atoms with van der Waals surface area (Å²) in [5.41, 5.74) is 4.98. The highest BCUT2D eigenvalue weighted by molar-refractivity contribution is 6.36. The summed E-state index contributed by atoms with van der Waals surface area (Å²) in [7, 11) is 0. The van der Waals surface area contributed by atoms with Gasteiger partial charge in [-0.15, -0.1) is 0 Å². The first kappa shape index (κ1) is 21.3. The number of nitrogens with zero attached hydrogens (tertiary/aromatic N) is 2. The van der Waals surface area contributed by atoms with Crippen molar-refractivity contribution in [3.05, 3.63) is 94.9 Å². The predicted molar refractivity (Wildman–Crippen MR) is 124 cm³/mol. The van der Waals surface area contributed by atoms with Crippen LogP contribution < -0.4 is 10.1 Å². The van der Waals surface area contributed by atoms with Gasteiger partial charge in [-0.2, -0.15) is 0 Å². The molecule has 0 atom stereocenters. The fourth-order valence-electron chi connectivity index (χ4n) is 3.75. The van der Waals surface area contributed by atoms with Crippen molar-refractivity contribution in [2.45, 2.75) is 27.3 Å². The van der Waals surface area contributed by atoms with Crippen molar-refractivity contribution in [1.82, 2.24) is 9.88 Å². The van der Waals surface area contributed by atoms with E-state index in [4.69, 9.17) is 4.74 Å². The van der Waals surface area contributed by atoms with Gasteiger partial charge < -0.3 is 10.1 Å². The molecular formula is C26H25N3O3. The summed E-state index contributed by atoms with van der Waals surface area (Å²) in [4.78, 5) is 32.2.